The Kier molecular flexibility index (Phi) is 7.38. The van der Waals surface area contributed by atoms with Crippen molar-refractivity contribution >= 4 is 11.9 Å². The molecule has 0 aromatic heterocycles. The average Bonchev–Trinajstić information content (AvgIpc) is 2.77. The van der Waals surface area contributed by atoms with Gasteiger partial charge in [-0.3, -0.25) is 14.5 Å². The van der Waals surface area contributed by atoms with Gasteiger partial charge in [0.2, 0.25) is 5.91 Å². The number of esters is 1. The molecular weight excluding hydrogens is 408 g/mol. The Bertz CT molecular complexity index is 843. The standard InChI is InChI=1S/C25H38N2O5/c1-8-26(9-2)23(28)18-15-27-11-10-16-12-21(30-6)22(31-7)13-17(16)19(27)14-20(18)32-24(29)25(3,4)5/h12-13,18-20H,8-11,14-15H2,1-7H3. The fourth-order valence-electron chi connectivity index (χ4n) is 4.78. The lowest BCUT2D eigenvalue weighted by Gasteiger charge is -2.47. The van der Waals surface area contributed by atoms with Gasteiger partial charge in [0.15, 0.2) is 11.5 Å². The molecule has 1 aromatic rings. The second-order valence-corrected chi connectivity index (χ2v) is 9.71. The first kappa shape index (κ1) is 24.4. The number of methoxy groups -OCH3 is 2. The molecule has 0 saturated carbocycles. The number of fused-ring (bicyclic) bond motifs is 3. The van der Waals surface area contributed by atoms with Crippen LogP contribution in [0.25, 0.3) is 0 Å². The summed E-state index contributed by atoms with van der Waals surface area (Å²) in [7, 11) is 3.28. The second-order valence-electron chi connectivity index (χ2n) is 9.71. The zero-order valence-electron chi connectivity index (χ0n) is 20.6. The van der Waals surface area contributed by atoms with Crippen molar-refractivity contribution in [3.8, 4) is 11.5 Å². The molecule has 7 nitrogen and oxygen atoms in total. The Morgan fingerprint density at radius 1 is 1.09 bits per heavy atom. The molecule has 178 valence electrons. The highest BCUT2D eigenvalue weighted by molar-refractivity contribution is 5.81. The average molecular weight is 447 g/mol. The van der Waals surface area contributed by atoms with Crippen LogP contribution in [0.4, 0.5) is 0 Å². The number of amides is 1. The van der Waals surface area contributed by atoms with E-state index in [0.29, 0.717) is 31.8 Å². The number of ether oxygens (including phenoxy) is 3. The molecule has 2 heterocycles. The summed E-state index contributed by atoms with van der Waals surface area (Å²) in [5, 5.41) is 0. The van der Waals surface area contributed by atoms with Crippen molar-refractivity contribution in [1.29, 1.82) is 0 Å². The van der Waals surface area contributed by atoms with Gasteiger partial charge in [-0.05, 0) is 64.3 Å². The summed E-state index contributed by atoms with van der Waals surface area (Å²) in [6.45, 7) is 12.2. The number of carbonyl (C=O) groups is 2. The maximum Gasteiger partial charge on any atom is 0.311 e. The van der Waals surface area contributed by atoms with E-state index < -0.39 is 11.5 Å². The van der Waals surface area contributed by atoms with Crippen LogP contribution in [0, 0.1) is 11.3 Å². The minimum atomic E-state index is -0.624. The van der Waals surface area contributed by atoms with E-state index in [1.54, 1.807) is 14.2 Å². The summed E-state index contributed by atoms with van der Waals surface area (Å²) >= 11 is 0. The van der Waals surface area contributed by atoms with Crippen LogP contribution < -0.4 is 9.47 Å². The molecule has 32 heavy (non-hydrogen) atoms. The lowest BCUT2D eigenvalue weighted by Crippen LogP contribution is -2.55. The van der Waals surface area contributed by atoms with Crippen molar-refractivity contribution in [2.24, 2.45) is 11.3 Å². The normalized spacial score (nSPS) is 23.0. The minimum absolute atomic E-state index is 0.0667. The number of hydrogen-bond acceptors (Lipinski definition) is 6. The van der Waals surface area contributed by atoms with Gasteiger partial charge in [0, 0.05) is 38.6 Å². The predicted molar refractivity (Wildman–Crippen MR) is 123 cm³/mol. The van der Waals surface area contributed by atoms with Gasteiger partial charge in [-0.25, -0.2) is 0 Å². The Balaban J connectivity index is 1.96. The van der Waals surface area contributed by atoms with Gasteiger partial charge in [-0.1, -0.05) is 0 Å². The van der Waals surface area contributed by atoms with Crippen LogP contribution in [0.5, 0.6) is 11.5 Å². The number of carbonyl (C=O) groups excluding carboxylic acids is 2. The van der Waals surface area contributed by atoms with E-state index in [0.717, 1.165) is 18.7 Å². The first-order valence-electron chi connectivity index (χ1n) is 11.6. The second kappa shape index (κ2) is 9.69. The SMILES string of the molecule is CCN(CC)C(=O)C1CN2CCc3cc(OC)c(OC)cc3C2CC1OC(=O)C(C)(C)C. The van der Waals surface area contributed by atoms with Gasteiger partial charge < -0.3 is 19.1 Å². The van der Waals surface area contributed by atoms with Crippen LogP contribution >= 0.6 is 0 Å². The van der Waals surface area contributed by atoms with Gasteiger partial charge in [0.05, 0.1) is 25.6 Å². The molecular formula is C25H38N2O5. The number of benzene rings is 1. The summed E-state index contributed by atoms with van der Waals surface area (Å²) in [4.78, 5) is 30.4. The number of rotatable bonds is 6. The van der Waals surface area contributed by atoms with Gasteiger partial charge in [0.1, 0.15) is 6.10 Å². The van der Waals surface area contributed by atoms with Gasteiger partial charge in [0.25, 0.3) is 0 Å². The smallest absolute Gasteiger partial charge is 0.311 e. The van der Waals surface area contributed by atoms with E-state index in [4.69, 9.17) is 14.2 Å². The largest absolute Gasteiger partial charge is 0.493 e. The van der Waals surface area contributed by atoms with Gasteiger partial charge in [-0.15, -0.1) is 0 Å². The van der Waals surface area contributed by atoms with Crippen molar-refractivity contribution in [2.45, 2.75) is 59.6 Å². The molecule has 3 unspecified atom stereocenters. The van der Waals surface area contributed by atoms with Crippen molar-refractivity contribution < 1.29 is 23.8 Å². The molecule has 0 N–H and O–H groups in total. The van der Waals surface area contributed by atoms with Crippen LogP contribution in [0.2, 0.25) is 0 Å². The quantitative estimate of drug-likeness (QED) is 0.624. The molecule has 1 saturated heterocycles. The molecule has 1 amide bonds. The number of nitrogens with zero attached hydrogens (tertiary/aromatic N) is 2. The molecule has 0 spiro atoms. The van der Waals surface area contributed by atoms with Crippen LogP contribution in [0.1, 0.15) is 58.2 Å². The Hall–Kier alpha value is -2.28. The zero-order valence-corrected chi connectivity index (χ0v) is 20.6. The third-order valence-corrected chi connectivity index (χ3v) is 6.71. The topological polar surface area (TPSA) is 68.3 Å². The van der Waals surface area contributed by atoms with E-state index in [9.17, 15) is 9.59 Å². The van der Waals surface area contributed by atoms with Crippen molar-refractivity contribution in [3.63, 3.8) is 0 Å². The van der Waals surface area contributed by atoms with Crippen molar-refractivity contribution in [2.75, 3.05) is 40.4 Å². The molecule has 3 atom stereocenters. The van der Waals surface area contributed by atoms with Gasteiger partial charge in [-0.2, -0.15) is 0 Å². The van der Waals surface area contributed by atoms with E-state index in [1.807, 2.05) is 45.6 Å². The summed E-state index contributed by atoms with van der Waals surface area (Å²) < 4.78 is 17.1. The Labute approximate surface area is 192 Å². The molecule has 7 heteroatoms. The van der Waals surface area contributed by atoms with Crippen molar-refractivity contribution in [1.82, 2.24) is 9.80 Å². The highest BCUT2D eigenvalue weighted by Gasteiger charge is 2.45. The Morgan fingerprint density at radius 2 is 1.72 bits per heavy atom. The van der Waals surface area contributed by atoms with E-state index in [-0.39, 0.29) is 23.8 Å². The third-order valence-electron chi connectivity index (χ3n) is 6.71. The zero-order chi connectivity index (χ0) is 23.6. The van der Waals surface area contributed by atoms with Crippen LogP contribution in [0.3, 0.4) is 0 Å². The van der Waals surface area contributed by atoms with Crippen LogP contribution in [0.15, 0.2) is 12.1 Å². The van der Waals surface area contributed by atoms with E-state index in [2.05, 4.69) is 11.0 Å². The molecule has 1 aromatic carbocycles. The first-order valence-corrected chi connectivity index (χ1v) is 11.6. The number of hydrogen-bond donors (Lipinski definition) is 0. The van der Waals surface area contributed by atoms with Crippen LogP contribution in [-0.4, -0.2) is 68.2 Å². The lowest BCUT2D eigenvalue weighted by molar-refractivity contribution is -0.170. The maximum absolute atomic E-state index is 13.4. The summed E-state index contributed by atoms with van der Waals surface area (Å²) in [5.74, 6) is 0.854. The molecule has 3 rings (SSSR count). The third kappa shape index (κ3) is 4.72. The monoisotopic (exact) mass is 446 g/mol. The lowest BCUT2D eigenvalue weighted by atomic mass is 9.80. The molecule has 2 aliphatic heterocycles. The fraction of sp³-hybridized carbons (Fsp3) is 0.680. The summed E-state index contributed by atoms with van der Waals surface area (Å²) in [5.41, 5.74) is 1.76. The molecule has 0 radical (unpaired) electrons. The maximum atomic E-state index is 13.4. The summed E-state index contributed by atoms with van der Waals surface area (Å²) in [6, 6.07) is 4.16. The molecule has 2 aliphatic rings. The van der Waals surface area contributed by atoms with Crippen molar-refractivity contribution in [3.05, 3.63) is 23.3 Å². The predicted octanol–water partition coefficient (Wildman–Crippen LogP) is 3.45. The fourth-order valence-corrected chi connectivity index (χ4v) is 4.78. The molecule has 0 aliphatic carbocycles. The summed E-state index contributed by atoms with van der Waals surface area (Å²) in [6.07, 6.45) is 1.00. The van der Waals surface area contributed by atoms with Crippen LogP contribution in [-0.2, 0) is 20.7 Å². The minimum Gasteiger partial charge on any atom is -0.493 e. The molecule has 1 fully saturated rings. The van der Waals surface area contributed by atoms with E-state index >= 15 is 0 Å². The molecule has 0 bridgehead atoms. The highest BCUT2D eigenvalue weighted by atomic mass is 16.5. The Morgan fingerprint density at radius 3 is 2.28 bits per heavy atom. The number of piperidine rings is 1. The first-order chi connectivity index (χ1) is 15.1. The van der Waals surface area contributed by atoms with Gasteiger partial charge >= 0.3 is 5.97 Å². The van der Waals surface area contributed by atoms with E-state index in [1.165, 1.54) is 11.1 Å². The highest BCUT2D eigenvalue weighted by Crippen LogP contribution is 2.44.